The lowest BCUT2D eigenvalue weighted by atomic mass is 10.1. The molecule has 110 valence electrons. The molecule has 2 rings (SSSR count). The van der Waals surface area contributed by atoms with E-state index in [-0.39, 0.29) is 5.69 Å². The van der Waals surface area contributed by atoms with Crippen LogP contribution in [0.2, 0.25) is 0 Å². The van der Waals surface area contributed by atoms with Gasteiger partial charge in [0.25, 0.3) is 5.91 Å². The fourth-order valence-electron chi connectivity index (χ4n) is 2.01. The van der Waals surface area contributed by atoms with Gasteiger partial charge < -0.3 is 10.6 Å². The molecule has 0 fully saturated rings. The fraction of sp³-hybridized carbons (Fsp3) is 0.188. The van der Waals surface area contributed by atoms with Crippen molar-refractivity contribution in [2.24, 2.45) is 0 Å². The number of amides is 1. The molecule has 21 heavy (non-hydrogen) atoms. The van der Waals surface area contributed by atoms with E-state index in [1.54, 1.807) is 12.1 Å². The molecule has 2 N–H and O–H groups in total. The van der Waals surface area contributed by atoms with Crippen LogP contribution in [0.25, 0.3) is 0 Å². The molecule has 0 unspecified atom stereocenters. The molecule has 0 aliphatic rings. The summed E-state index contributed by atoms with van der Waals surface area (Å²) in [5.74, 6) is -1.89. The fourth-order valence-corrected chi connectivity index (χ4v) is 2.01. The molecule has 0 aromatic heterocycles. The lowest BCUT2D eigenvalue weighted by Crippen LogP contribution is -2.15. The van der Waals surface area contributed by atoms with E-state index in [1.165, 1.54) is 0 Å². The predicted molar refractivity (Wildman–Crippen MR) is 79.7 cm³/mol. The Morgan fingerprint density at radius 2 is 1.76 bits per heavy atom. The van der Waals surface area contributed by atoms with Gasteiger partial charge in [-0.15, -0.1) is 0 Å². The van der Waals surface area contributed by atoms with Gasteiger partial charge >= 0.3 is 0 Å². The molecule has 0 spiro atoms. The predicted octanol–water partition coefficient (Wildman–Crippen LogP) is 3.96. The molecule has 0 aliphatic carbocycles. The molecule has 1 amide bonds. The highest BCUT2D eigenvalue weighted by atomic mass is 19.1. The van der Waals surface area contributed by atoms with Crippen molar-refractivity contribution in [1.82, 2.24) is 0 Å². The summed E-state index contributed by atoms with van der Waals surface area (Å²) >= 11 is 0. The summed E-state index contributed by atoms with van der Waals surface area (Å²) in [6, 6.07) is 8.32. The van der Waals surface area contributed by atoms with E-state index in [4.69, 9.17) is 0 Å². The van der Waals surface area contributed by atoms with Crippen LogP contribution in [-0.2, 0) is 0 Å². The average molecular weight is 290 g/mol. The Hall–Kier alpha value is -2.43. The van der Waals surface area contributed by atoms with Gasteiger partial charge in [-0.05, 0) is 38.1 Å². The second kappa shape index (κ2) is 6.35. The first kappa shape index (κ1) is 15.0. The molecule has 2 aromatic rings. The summed E-state index contributed by atoms with van der Waals surface area (Å²) in [5, 5.41) is 5.59. The molecule has 0 saturated heterocycles. The van der Waals surface area contributed by atoms with Crippen LogP contribution in [0.5, 0.6) is 0 Å². The summed E-state index contributed by atoms with van der Waals surface area (Å²) < 4.78 is 26.3. The van der Waals surface area contributed by atoms with Gasteiger partial charge in [0, 0.05) is 24.0 Å². The van der Waals surface area contributed by atoms with Crippen LogP contribution < -0.4 is 10.6 Å². The molecule has 0 aliphatic heterocycles. The van der Waals surface area contributed by atoms with Crippen molar-refractivity contribution in [3.8, 4) is 0 Å². The standard InChI is InChI=1S/C16H16F2N2O/c1-3-19-15-5-4-10(2)6-14(15)16(21)20-13-8-11(17)7-12(18)9-13/h4-9,19H,3H2,1-2H3,(H,20,21). The van der Waals surface area contributed by atoms with Crippen molar-refractivity contribution in [1.29, 1.82) is 0 Å². The zero-order chi connectivity index (χ0) is 15.4. The summed E-state index contributed by atoms with van der Waals surface area (Å²) in [7, 11) is 0. The highest BCUT2D eigenvalue weighted by Gasteiger charge is 2.12. The number of rotatable bonds is 4. The summed E-state index contributed by atoms with van der Waals surface area (Å²) in [5.41, 5.74) is 2.12. The highest BCUT2D eigenvalue weighted by Crippen LogP contribution is 2.20. The first-order valence-electron chi connectivity index (χ1n) is 6.61. The van der Waals surface area contributed by atoms with Crippen molar-refractivity contribution in [2.45, 2.75) is 13.8 Å². The lowest BCUT2D eigenvalue weighted by Gasteiger charge is -2.12. The maximum Gasteiger partial charge on any atom is 0.257 e. The second-order valence-electron chi connectivity index (χ2n) is 4.69. The highest BCUT2D eigenvalue weighted by molar-refractivity contribution is 6.08. The Morgan fingerprint density at radius 3 is 2.38 bits per heavy atom. The normalized spacial score (nSPS) is 10.3. The zero-order valence-corrected chi connectivity index (χ0v) is 11.8. The topological polar surface area (TPSA) is 41.1 Å². The van der Waals surface area contributed by atoms with E-state index in [2.05, 4.69) is 10.6 Å². The van der Waals surface area contributed by atoms with Gasteiger partial charge in [-0.25, -0.2) is 8.78 Å². The van der Waals surface area contributed by atoms with Crippen LogP contribution in [0.1, 0.15) is 22.8 Å². The molecule has 0 radical (unpaired) electrons. The molecule has 0 bridgehead atoms. The Bertz CT molecular complexity index is 651. The third-order valence-electron chi connectivity index (χ3n) is 2.91. The summed E-state index contributed by atoms with van der Waals surface area (Å²) in [6.07, 6.45) is 0. The van der Waals surface area contributed by atoms with Crippen LogP contribution in [0.3, 0.4) is 0 Å². The van der Waals surface area contributed by atoms with Crippen LogP contribution in [0, 0.1) is 18.6 Å². The molecule has 3 nitrogen and oxygen atoms in total. The average Bonchev–Trinajstić information content (AvgIpc) is 2.39. The number of carbonyl (C=O) groups is 1. The number of nitrogens with one attached hydrogen (secondary N) is 2. The second-order valence-corrected chi connectivity index (χ2v) is 4.69. The van der Waals surface area contributed by atoms with E-state index in [9.17, 15) is 13.6 Å². The third kappa shape index (κ3) is 3.78. The van der Waals surface area contributed by atoms with Crippen LogP contribution in [0.15, 0.2) is 36.4 Å². The zero-order valence-electron chi connectivity index (χ0n) is 11.8. The van der Waals surface area contributed by atoms with Crippen molar-refractivity contribution in [3.05, 3.63) is 59.2 Å². The van der Waals surface area contributed by atoms with Gasteiger partial charge in [-0.1, -0.05) is 11.6 Å². The minimum atomic E-state index is -0.735. The number of anilines is 2. The van der Waals surface area contributed by atoms with Crippen molar-refractivity contribution >= 4 is 17.3 Å². The smallest absolute Gasteiger partial charge is 0.257 e. The molecule has 5 heteroatoms. The minimum Gasteiger partial charge on any atom is -0.385 e. The van der Waals surface area contributed by atoms with Gasteiger partial charge in [0.05, 0.1) is 5.56 Å². The first-order chi connectivity index (χ1) is 9.99. The van der Waals surface area contributed by atoms with Crippen LogP contribution >= 0.6 is 0 Å². The molecular formula is C16H16F2N2O. The van der Waals surface area contributed by atoms with Gasteiger partial charge in [0.1, 0.15) is 11.6 Å². The van der Waals surface area contributed by atoms with E-state index >= 15 is 0 Å². The number of hydrogen-bond donors (Lipinski definition) is 2. The van der Waals surface area contributed by atoms with Crippen molar-refractivity contribution in [2.75, 3.05) is 17.2 Å². The SMILES string of the molecule is CCNc1ccc(C)cc1C(=O)Nc1cc(F)cc(F)c1. The largest absolute Gasteiger partial charge is 0.385 e. The number of carbonyl (C=O) groups excluding carboxylic acids is 1. The number of benzene rings is 2. The van der Waals surface area contributed by atoms with E-state index in [1.807, 2.05) is 19.9 Å². The van der Waals surface area contributed by atoms with Crippen molar-refractivity contribution < 1.29 is 13.6 Å². The minimum absolute atomic E-state index is 0.0847. The summed E-state index contributed by atoms with van der Waals surface area (Å²) in [4.78, 5) is 12.3. The third-order valence-corrected chi connectivity index (χ3v) is 2.91. The van der Waals surface area contributed by atoms with Crippen molar-refractivity contribution in [3.63, 3.8) is 0 Å². The maximum atomic E-state index is 13.1. The number of halogens is 2. The van der Waals surface area contributed by atoms with Gasteiger partial charge in [-0.3, -0.25) is 4.79 Å². The van der Waals surface area contributed by atoms with Gasteiger partial charge in [0.2, 0.25) is 0 Å². The monoisotopic (exact) mass is 290 g/mol. The Labute approximate surface area is 122 Å². The van der Waals surface area contributed by atoms with Crippen LogP contribution in [-0.4, -0.2) is 12.5 Å². The molecule has 0 saturated carbocycles. The van der Waals surface area contributed by atoms with E-state index < -0.39 is 17.5 Å². The van der Waals surface area contributed by atoms with Gasteiger partial charge in [0.15, 0.2) is 0 Å². The first-order valence-corrected chi connectivity index (χ1v) is 6.61. The number of hydrogen-bond acceptors (Lipinski definition) is 2. The molecule has 0 atom stereocenters. The summed E-state index contributed by atoms with van der Waals surface area (Å²) in [6.45, 7) is 4.45. The quantitative estimate of drug-likeness (QED) is 0.895. The number of aryl methyl sites for hydroxylation is 1. The Balaban J connectivity index is 2.29. The van der Waals surface area contributed by atoms with Gasteiger partial charge in [-0.2, -0.15) is 0 Å². The Morgan fingerprint density at radius 1 is 1.10 bits per heavy atom. The lowest BCUT2D eigenvalue weighted by molar-refractivity contribution is 0.102. The Kier molecular flexibility index (Phi) is 4.52. The van der Waals surface area contributed by atoms with Crippen LogP contribution in [0.4, 0.5) is 20.2 Å². The molecule has 0 heterocycles. The van der Waals surface area contributed by atoms with E-state index in [0.29, 0.717) is 17.8 Å². The molecule has 2 aromatic carbocycles. The van der Waals surface area contributed by atoms with E-state index in [0.717, 1.165) is 23.8 Å². The maximum absolute atomic E-state index is 13.1. The molecular weight excluding hydrogens is 274 g/mol.